The molecule has 0 aromatic heterocycles. The van der Waals surface area contributed by atoms with Gasteiger partial charge in [-0.2, -0.15) is 0 Å². The number of benzene rings is 3. The summed E-state index contributed by atoms with van der Waals surface area (Å²) in [7, 11) is 0. The van der Waals surface area contributed by atoms with Gasteiger partial charge in [-0.05, 0) is 30.3 Å². The van der Waals surface area contributed by atoms with E-state index in [1.807, 2.05) is 6.07 Å². The van der Waals surface area contributed by atoms with E-state index in [1.165, 1.54) is 18.2 Å². The number of hydrogen-bond donors (Lipinski definition) is 2. The normalized spacial score (nSPS) is 10.1. The lowest BCUT2D eigenvalue weighted by atomic mass is 10.1. The zero-order valence-corrected chi connectivity index (χ0v) is 14.1. The summed E-state index contributed by atoms with van der Waals surface area (Å²) >= 11 is 0. The summed E-state index contributed by atoms with van der Waals surface area (Å²) in [4.78, 5) is 36.3. The van der Waals surface area contributed by atoms with Crippen molar-refractivity contribution in [2.24, 2.45) is 0 Å². The van der Waals surface area contributed by atoms with E-state index in [0.29, 0.717) is 5.69 Å². The first-order valence-corrected chi connectivity index (χ1v) is 8.13. The zero-order chi connectivity index (χ0) is 19.2. The molecule has 0 spiro atoms. The predicted octanol–water partition coefficient (Wildman–Crippen LogP) is 2.55. The number of hydrogen-bond acceptors (Lipinski definition) is 4. The van der Waals surface area contributed by atoms with Crippen LogP contribution in [-0.2, 0) is 0 Å². The topological polar surface area (TPSA) is 98.3 Å². The summed E-state index contributed by atoms with van der Waals surface area (Å²) in [5.74, 6) is -2.49. The van der Waals surface area contributed by atoms with Crippen LogP contribution in [-0.4, -0.2) is 17.8 Å². The molecule has 2 N–H and O–H groups in total. The highest BCUT2D eigenvalue weighted by molar-refractivity contribution is 6.14. The Morgan fingerprint density at radius 3 is 1.78 bits per heavy atom. The molecule has 0 radical (unpaired) electrons. The van der Waals surface area contributed by atoms with Gasteiger partial charge in [-0.25, -0.2) is 0 Å². The zero-order valence-electron chi connectivity index (χ0n) is 14.1. The highest BCUT2D eigenvalue weighted by Crippen LogP contribution is 2.19. The van der Waals surface area contributed by atoms with Crippen molar-refractivity contribution in [3.8, 4) is 0 Å². The van der Waals surface area contributed by atoms with E-state index >= 15 is 0 Å². The first kappa shape index (κ1) is 17.9. The maximum atomic E-state index is 12.6. The van der Waals surface area contributed by atoms with Gasteiger partial charge < -0.3 is 20.5 Å². The number of amides is 2. The Hall–Kier alpha value is -3.93. The van der Waals surface area contributed by atoms with E-state index in [2.05, 4.69) is 10.6 Å². The molecule has 27 heavy (non-hydrogen) atoms. The van der Waals surface area contributed by atoms with Gasteiger partial charge in [0.05, 0.1) is 17.2 Å². The summed E-state index contributed by atoms with van der Waals surface area (Å²) in [6.07, 6.45) is 0. The lowest BCUT2D eigenvalue weighted by Crippen LogP contribution is -2.26. The van der Waals surface area contributed by atoms with Crippen LogP contribution in [0.4, 0.5) is 11.4 Å². The van der Waals surface area contributed by atoms with Crippen LogP contribution in [0.25, 0.3) is 0 Å². The molecule has 0 bridgehead atoms. The van der Waals surface area contributed by atoms with E-state index in [9.17, 15) is 19.5 Å². The van der Waals surface area contributed by atoms with Gasteiger partial charge >= 0.3 is 0 Å². The fourth-order valence-electron chi connectivity index (χ4n) is 2.56. The molecule has 3 aromatic carbocycles. The van der Waals surface area contributed by atoms with Gasteiger partial charge in [-0.1, -0.05) is 48.5 Å². The number of aromatic carboxylic acids is 1. The Bertz CT molecular complexity index is 1000. The third kappa shape index (κ3) is 4.19. The van der Waals surface area contributed by atoms with Gasteiger partial charge in [0.1, 0.15) is 0 Å². The van der Waals surface area contributed by atoms with E-state index in [1.54, 1.807) is 54.6 Å². The molecule has 6 heteroatoms. The van der Waals surface area contributed by atoms with Crippen molar-refractivity contribution in [1.29, 1.82) is 0 Å². The molecule has 0 atom stereocenters. The number of para-hydroxylation sites is 2. The number of rotatable bonds is 5. The van der Waals surface area contributed by atoms with Crippen molar-refractivity contribution in [2.45, 2.75) is 0 Å². The molecule has 2 amide bonds. The van der Waals surface area contributed by atoms with Crippen molar-refractivity contribution < 1.29 is 19.5 Å². The highest BCUT2D eigenvalue weighted by Gasteiger charge is 2.16. The molecule has 3 rings (SSSR count). The molecular weight excluding hydrogens is 344 g/mol. The van der Waals surface area contributed by atoms with Crippen molar-refractivity contribution >= 4 is 29.2 Å². The number of nitrogens with one attached hydrogen (secondary N) is 2. The maximum Gasteiger partial charge on any atom is 0.257 e. The van der Waals surface area contributed by atoms with Crippen molar-refractivity contribution in [2.75, 3.05) is 10.6 Å². The number of carboxylic acids is 1. The van der Waals surface area contributed by atoms with Gasteiger partial charge in [0.15, 0.2) is 0 Å². The fourth-order valence-corrected chi connectivity index (χ4v) is 2.56. The number of carbonyl (C=O) groups excluding carboxylic acids is 3. The molecule has 0 aliphatic rings. The van der Waals surface area contributed by atoms with Crippen LogP contribution >= 0.6 is 0 Å². The van der Waals surface area contributed by atoms with E-state index in [4.69, 9.17) is 0 Å². The Morgan fingerprint density at radius 2 is 1.11 bits per heavy atom. The van der Waals surface area contributed by atoms with Crippen LogP contribution in [0.1, 0.15) is 31.1 Å². The van der Waals surface area contributed by atoms with Gasteiger partial charge in [-0.3, -0.25) is 9.59 Å². The predicted molar refractivity (Wildman–Crippen MR) is 99.6 cm³/mol. The fraction of sp³-hybridized carbons (Fsp3) is 0. The van der Waals surface area contributed by atoms with Gasteiger partial charge in [0.2, 0.25) is 0 Å². The lowest BCUT2D eigenvalue weighted by molar-refractivity contribution is -0.255. The molecule has 0 aliphatic carbocycles. The third-order valence-corrected chi connectivity index (χ3v) is 3.84. The Balaban J connectivity index is 1.85. The van der Waals surface area contributed by atoms with Crippen LogP contribution in [0.5, 0.6) is 0 Å². The van der Waals surface area contributed by atoms with Gasteiger partial charge in [0.25, 0.3) is 11.8 Å². The minimum absolute atomic E-state index is 0.0456. The summed E-state index contributed by atoms with van der Waals surface area (Å²) in [5.41, 5.74) is 0.868. The second-order valence-corrected chi connectivity index (χ2v) is 5.65. The van der Waals surface area contributed by atoms with Gasteiger partial charge in [-0.15, -0.1) is 0 Å². The molecule has 3 aromatic rings. The second-order valence-electron chi connectivity index (χ2n) is 5.65. The maximum absolute atomic E-state index is 12.6. The highest BCUT2D eigenvalue weighted by atomic mass is 16.4. The quantitative estimate of drug-likeness (QED) is 0.731. The summed E-state index contributed by atoms with van der Waals surface area (Å²) in [6, 6.07) is 21.1. The molecule has 0 aliphatic heterocycles. The average Bonchev–Trinajstić information content (AvgIpc) is 2.69. The molecule has 0 fully saturated rings. The van der Waals surface area contributed by atoms with E-state index in [-0.39, 0.29) is 22.4 Å². The van der Waals surface area contributed by atoms with Gasteiger partial charge in [0, 0.05) is 16.8 Å². The van der Waals surface area contributed by atoms with Crippen molar-refractivity contribution in [1.82, 2.24) is 0 Å². The molecule has 0 saturated carbocycles. The summed E-state index contributed by atoms with van der Waals surface area (Å²) in [5, 5.41) is 16.5. The van der Waals surface area contributed by atoms with E-state index in [0.717, 1.165) is 0 Å². The SMILES string of the molecule is O=C(Nc1ccccc1)c1ccccc1NC(=O)c1ccccc1C(=O)[O-]. The lowest BCUT2D eigenvalue weighted by Gasteiger charge is -2.13. The summed E-state index contributed by atoms with van der Waals surface area (Å²) in [6.45, 7) is 0. The van der Waals surface area contributed by atoms with Crippen LogP contribution in [0.2, 0.25) is 0 Å². The number of carboxylic acid groups (broad SMARTS) is 1. The third-order valence-electron chi connectivity index (χ3n) is 3.84. The van der Waals surface area contributed by atoms with Crippen molar-refractivity contribution in [3.05, 3.63) is 95.6 Å². The van der Waals surface area contributed by atoms with Crippen molar-refractivity contribution in [3.63, 3.8) is 0 Å². The smallest absolute Gasteiger partial charge is 0.257 e. The number of carbonyl (C=O) groups is 3. The van der Waals surface area contributed by atoms with Crippen LogP contribution in [0, 0.1) is 0 Å². The first-order valence-electron chi connectivity index (χ1n) is 8.13. The molecule has 0 heterocycles. The van der Waals surface area contributed by atoms with E-state index < -0.39 is 17.8 Å². The molecule has 6 nitrogen and oxygen atoms in total. The Morgan fingerprint density at radius 1 is 0.593 bits per heavy atom. The second kappa shape index (κ2) is 7.97. The van der Waals surface area contributed by atoms with Crippen LogP contribution < -0.4 is 15.7 Å². The largest absolute Gasteiger partial charge is 0.545 e. The minimum atomic E-state index is -1.45. The molecule has 134 valence electrons. The summed E-state index contributed by atoms with van der Waals surface area (Å²) < 4.78 is 0. The van der Waals surface area contributed by atoms with Crippen LogP contribution in [0.15, 0.2) is 78.9 Å². The van der Waals surface area contributed by atoms with Crippen LogP contribution in [0.3, 0.4) is 0 Å². The Labute approximate surface area is 155 Å². The standard InChI is InChI=1S/C21H16N2O4/c24-19(15-10-4-5-11-16(15)21(26)27)23-18-13-7-6-12-17(18)20(25)22-14-8-2-1-3-9-14/h1-13H,(H,22,25)(H,23,24)(H,26,27)/p-1. The average molecular weight is 359 g/mol. The minimum Gasteiger partial charge on any atom is -0.545 e. The monoisotopic (exact) mass is 359 g/mol. The molecule has 0 unspecified atom stereocenters. The number of anilines is 2. The molecular formula is C21H15N2O4-. The first-order chi connectivity index (χ1) is 13.1. The molecule has 0 saturated heterocycles. The Kier molecular flexibility index (Phi) is 5.28.